The van der Waals surface area contributed by atoms with Crippen LogP contribution >= 0.6 is 0 Å². The van der Waals surface area contributed by atoms with Gasteiger partial charge in [0.25, 0.3) is 0 Å². The Morgan fingerprint density at radius 1 is 0.950 bits per heavy atom. The Bertz CT molecular complexity index is 590. The van der Waals surface area contributed by atoms with E-state index in [1.807, 2.05) is 48.5 Å². The molecule has 2 aromatic carbocycles. The molecule has 3 heteroatoms. The molecule has 0 unspecified atom stereocenters. The van der Waals surface area contributed by atoms with Crippen LogP contribution in [0.25, 0.3) is 0 Å². The third-order valence-corrected chi connectivity index (χ3v) is 2.74. The minimum absolute atomic E-state index is 0.561. The molecular weight excluding hydrogens is 250 g/mol. The number of anilines is 1. The molecule has 0 spiro atoms. The van der Waals surface area contributed by atoms with Gasteiger partial charge in [-0.25, -0.2) is 0 Å². The van der Waals surface area contributed by atoms with E-state index in [-0.39, 0.29) is 0 Å². The van der Waals surface area contributed by atoms with Crippen LogP contribution in [0.5, 0.6) is 11.5 Å². The Morgan fingerprint density at radius 3 is 2.20 bits per heavy atom. The van der Waals surface area contributed by atoms with Crippen molar-refractivity contribution in [2.45, 2.75) is 0 Å². The van der Waals surface area contributed by atoms with E-state index in [0.717, 1.165) is 22.7 Å². The summed E-state index contributed by atoms with van der Waals surface area (Å²) in [5.41, 5.74) is 1.93. The molecule has 2 aromatic rings. The van der Waals surface area contributed by atoms with E-state index in [2.05, 4.69) is 17.2 Å². The lowest BCUT2D eigenvalue weighted by Crippen LogP contribution is -1.99. The summed E-state index contributed by atoms with van der Waals surface area (Å²) in [5, 5.41) is 3.23. The Labute approximate surface area is 119 Å². The molecule has 0 saturated carbocycles. The summed E-state index contributed by atoms with van der Waals surface area (Å²) in [7, 11) is 3.27. The Hall–Kier alpha value is -2.60. The van der Waals surface area contributed by atoms with Crippen LogP contribution in [0.1, 0.15) is 5.56 Å². The monoisotopic (exact) mass is 267 g/mol. The quantitative estimate of drug-likeness (QED) is 0.863. The van der Waals surface area contributed by atoms with E-state index in [0.29, 0.717) is 6.54 Å². The minimum Gasteiger partial charge on any atom is -0.497 e. The second-order valence-corrected chi connectivity index (χ2v) is 4.12. The molecule has 0 aliphatic carbocycles. The van der Waals surface area contributed by atoms with Gasteiger partial charge in [0, 0.05) is 29.4 Å². The molecule has 0 amide bonds. The summed E-state index contributed by atoms with van der Waals surface area (Å²) >= 11 is 0. The van der Waals surface area contributed by atoms with Gasteiger partial charge in [-0.2, -0.15) is 0 Å². The maximum absolute atomic E-state index is 5.22. The average molecular weight is 267 g/mol. The first-order valence-corrected chi connectivity index (χ1v) is 6.32. The molecular formula is C17H17NO2. The molecule has 0 heterocycles. The largest absolute Gasteiger partial charge is 0.497 e. The summed E-state index contributed by atoms with van der Waals surface area (Å²) in [4.78, 5) is 0. The van der Waals surface area contributed by atoms with E-state index in [4.69, 9.17) is 9.47 Å². The molecule has 2 rings (SSSR count). The molecule has 102 valence electrons. The third-order valence-electron chi connectivity index (χ3n) is 2.74. The molecule has 0 saturated heterocycles. The van der Waals surface area contributed by atoms with Crippen LogP contribution in [-0.2, 0) is 0 Å². The van der Waals surface area contributed by atoms with Crippen LogP contribution < -0.4 is 14.8 Å². The van der Waals surface area contributed by atoms with Gasteiger partial charge in [-0.05, 0) is 12.1 Å². The van der Waals surface area contributed by atoms with Crippen LogP contribution in [0.3, 0.4) is 0 Å². The van der Waals surface area contributed by atoms with E-state index < -0.39 is 0 Å². The van der Waals surface area contributed by atoms with Crippen LogP contribution in [-0.4, -0.2) is 20.8 Å². The number of benzene rings is 2. The standard InChI is InChI=1S/C17H17NO2/c1-19-16-11-15(12-17(13-16)20-2)18-10-6-9-14-7-4-3-5-8-14/h3-5,7-8,11-13,18H,10H2,1-2H3. The smallest absolute Gasteiger partial charge is 0.124 e. The lowest BCUT2D eigenvalue weighted by Gasteiger charge is -2.08. The molecule has 1 N–H and O–H groups in total. The Morgan fingerprint density at radius 2 is 1.60 bits per heavy atom. The predicted molar refractivity (Wildman–Crippen MR) is 81.4 cm³/mol. The summed E-state index contributed by atoms with van der Waals surface area (Å²) in [6.45, 7) is 0.561. The highest BCUT2D eigenvalue weighted by Gasteiger charge is 2.00. The molecule has 0 aromatic heterocycles. The molecule has 0 fully saturated rings. The van der Waals surface area contributed by atoms with Crippen molar-refractivity contribution in [1.29, 1.82) is 0 Å². The number of hydrogen-bond acceptors (Lipinski definition) is 3. The van der Waals surface area contributed by atoms with E-state index in [1.54, 1.807) is 14.2 Å². The highest BCUT2D eigenvalue weighted by atomic mass is 16.5. The number of methoxy groups -OCH3 is 2. The van der Waals surface area contributed by atoms with Crippen LogP contribution in [0.2, 0.25) is 0 Å². The highest BCUT2D eigenvalue weighted by Crippen LogP contribution is 2.25. The summed E-state index contributed by atoms with van der Waals surface area (Å²) in [6, 6.07) is 15.6. The van der Waals surface area contributed by atoms with Gasteiger partial charge in [-0.15, -0.1) is 0 Å². The van der Waals surface area contributed by atoms with Crippen LogP contribution in [0.15, 0.2) is 48.5 Å². The van der Waals surface area contributed by atoms with Crippen molar-refractivity contribution in [3.05, 3.63) is 54.1 Å². The number of nitrogens with one attached hydrogen (secondary N) is 1. The summed E-state index contributed by atoms with van der Waals surface area (Å²) in [6.07, 6.45) is 0. The van der Waals surface area contributed by atoms with Crippen molar-refractivity contribution in [3.63, 3.8) is 0 Å². The van der Waals surface area contributed by atoms with Gasteiger partial charge in [-0.1, -0.05) is 30.0 Å². The van der Waals surface area contributed by atoms with E-state index >= 15 is 0 Å². The maximum Gasteiger partial charge on any atom is 0.124 e. The molecule has 20 heavy (non-hydrogen) atoms. The zero-order valence-corrected chi connectivity index (χ0v) is 11.6. The second kappa shape index (κ2) is 7.10. The zero-order valence-electron chi connectivity index (χ0n) is 11.6. The Kier molecular flexibility index (Phi) is 4.91. The van der Waals surface area contributed by atoms with E-state index in [9.17, 15) is 0 Å². The molecule has 0 radical (unpaired) electrons. The first-order valence-electron chi connectivity index (χ1n) is 6.32. The van der Waals surface area contributed by atoms with Crippen molar-refractivity contribution in [2.24, 2.45) is 0 Å². The van der Waals surface area contributed by atoms with Gasteiger partial charge >= 0.3 is 0 Å². The van der Waals surface area contributed by atoms with Gasteiger partial charge in [0.1, 0.15) is 11.5 Å². The Balaban J connectivity index is 1.99. The molecule has 0 atom stereocenters. The van der Waals surface area contributed by atoms with Gasteiger partial charge in [-0.3, -0.25) is 0 Å². The average Bonchev–Trinajstić information content (AvgIpc) is 2.52. The summed E-state index contributed by atoms with van der Waals surface area (Å²) in [5.74, 6) is 7.68. The topological polar surface area (TPSA) is 30.5 Å². The van der Waals surface area contributed by atoms with Gasteiger partial charge < -0.3 is 14.8 Å². The lowest BCUT2D eigenvalue weighted by molar-refractivity contribution is 0.394. The van der Waals surface area contributed by atoms with Crippen molar-refractivity contribution >= 4 is 5.69 Å². The first kappa shape index (κ1) is 13.8. The highest BCUT2D eigenvalue weighted by molar-refractivity contribution is 5.54. The fourth-order valence-corrected chi connectivity index (χ4v) is 1.72. The van der Waals surface area contributed by atoms with E-state index in [1.165, 1.54) is 0 Å². The lowest BCUT2D eigenvalue weighted by atomic mass is 10.2. The molecule has 0 aliphatic rings. The van der Waals surface area contributed by atoms with Crippen molar-refractivity contribution in [1.82, 2.24) is 0 Å². The third kappa shape index (κ3) is 3.96. The van der Waals surface area contributed by atoms with Crippen LogP contribution in [0.4, 0.5) is 5.69 Å². The molecule has 3 nitrogen and oxygen atoms in total. The SMILES string of the molecule is COc1cc(NCC#Cc2ccccc2)cc(OC)c1. The van der Waals surface area contributed by atoms with Gasteiger partial charge in [0.05, 0.1) is 20.8 Å². The minimum atomic E-state index is 0.561. The number of rotatable bonds is 4. The summed E-state index contributed by atoms with van der Waals surface area (Å²) < 4.78 is 10.4. The normalized spacial score (nSPS) is 9.30. The first-order chi connectivity index (χ1) is 9.81. The van der Waals surface area contributed by atoms with Crippen molar-refractivity contribution < 1.29 is 9.47 Å². The number of ether oxygens (including phenoxy) is 2. The maximum atomic E-state index is 5.22. The molecule has 0 bridgehead atoms. The fraction of sp³-hybridized carbons (Fsp3) is 0.176. The van der Waals surface area contributed by atoms with Crippen molar-refractivity contribution in [3.8, 4) is 23.3 Å². The fourth-order valence-electron chi connectivity index (χ4n) is 1.72. The second-order valence-electron chi connectivity index (χ2n) is 4.12. The van der Waals surface area contributed by atoms with Gasteiger partial charge in [0.15, 0.2) is 0 Å². The van der Waals surface area contributed by atoms with Crippen molar-refractivity contribution in [2.75, 3.05) is 26.1 Å². The van der Waals surface area contributed by atoms with Gasteiger partial charge in [0.2, 0.25) is 0 Å². The number of hydrogen-bond donors (Lipinski definition) is 1. The predicted octanol–water partition coefficient (Wildman–Crippen LogP) is 3.17. The molecule has 0 aliphatic heterocycles. The van der Waals surface area contributed by atoms with Crippen LogP contribution in [0, 0.1) is 11.8 Å². The zero-order chi connectivity index (χ0) is 14.2.